The molecule has 0 saturated carbocycles. The number of hydrogen-bond donors (Lipinski definition) is 2. The molecule has 5 rings (SSSR count). The molecule has 1 saturated heterocycles. The predicted molar refractivity (Wildman–Crippen MR) is 164 cm³/mol. The van der Waals surface area contributed by atoms with Crippen LogP contribution in [0.2, 0.25) is 0 Å². The number of aliphatic hydroxyl groups is 1. The number of guanidine groups is 1. The number of piperazine rings is 1. The molecule has 2 aliphatic rings. The fraction of sp³-hybridized carbons (Fsp3) is 0.355. The molecular formula is C31H38F4N4O6. The second-order valence-electron chi connectivity index (χ2n) is 9.36. The summed E-state index contributed by atoms with van der Waals surface area (Å²) in [4.78, 5) is 19.6. The second-order valence-corrected chi connectivity index (χ2v) is 9.36. The molecule has 1 fully saturated rings. The lowest BCUT2D eigenvalue weighted by molar-refractivity contribution is -0.140. The number of hydrogen-bond acceptors (Lipinski definition) is 8. The van der Waals surface area contributed by atoms with Crippen molar-refractivity contribution in [2.24, 2.45) is 4.99 Å². The Morgan fingerprint density at radius 2 is 1.56 bits per heavy atom. The molecule has 0 radical (unpaired) electrons. The summed E-state index contributed by atoms with van der Waals surface area (Å²) in [7, 11) is 3.03. The van der Waals surface area contributed by atoms with Crippen LogP contribution in [0.4, 0.5) is 34.6 Å². The van der Waals surface area contributed by atoms with E-state index in [1.807, 2.05) is 43.0 Å². The van der Waals surface area contributed by atoms with Gasteiger partial charge in [0.1, 0.15) is 29.6 Å². The van der Waals surface area contributed by atoms with Crippen LogP contribution in [0.3, 0.4) is 0 Å². The highest BCUT2D eigenvalue weighted by Crippen LogP contribution is 2.40. The number of halogens is 4. The van der Waals surface area contributed by atoms with E-state index in [0.717, 1.165) is 23.6 Å². The molecule has 10 nitrogen and oxygen atoms in total. The standard InChI is InChI=1S/C27H26F4N4O2.C2H4O3.C2H6.H2O/c1-36-21-7-4-6-20(16-21)33-11-13-34(14-12-33)26-32-25-18(5-3-8-22(25)28)17-35(26)23-15-19(27(29,30)31)9-10-24(23)37-2;3-1-2(4)5;1-2;/h3-10,15-16H,11-14,17H2,1-2H3;3H,1H2,(H,4,5);1-2H3;1H2. The topological polar surface area (TPSA) is 130 Å². The summed E-state index contributed by atoms with van der Waals surface area (Å²) >= 11 is 0. The van der Waals surface area contributed by atoms with E-state index < -0.39 is 30.1 Å². The van der Waals surface area contributed by atoms with E-state index in [0.29, 0.717) is 37.7 Å². The lowest BCUT2D eigenvalue weighted by Crippen LogP contribution is -2.54. The summed E-state index contributed by atoms with van der Waals surface area (Å²) in [6.45, 7) is 5.74. The molecule has 4 N–H and O–H groups in total. The van der Waals surface area contributed by atoms with Crippen LogP contribution in [0, 0.1) is 5.82 Å². The number of carbonyl (C=O) groups is 1. The van der Waals surface area contributed by atoms with Crippen molar-refractivity contribution in [3.8, 4) is 11.5 Å². The van der Waals surface area contributed by atoms with Crippen molar-refractivity contribution < 1.29 is 47.5 Å². The van der Waals surface area contributed by atoms with Gasteiger partial charge in [0, 0.05) is 43.5 Å². The van der Waals surface area contributed by atoms with Gasteiger partial charge in [-0.1, -0.05) is 32.0 Å². The van der Waals surface area contributed by atoms with Crippen molar-refractivity contribution in [2.45, 2.75) is 26.6 Å². The predicted octanol–water partition coefficient (Wildman–Crippen LogP) is 4.96. The zero-order valence-corrected chi connectivity index (χ0v) is 25.4. The van der Waals surface area contributed by atoms with E-state index in [1.54, 1.807) is 24.1 Å². The number of aliphatic carboxylic acids is 1. The van der Waals surface area contributed by atoms with Crippen molar-refractivity contribution in [1.29, 1.82) is 0 Å². The van der Waals surface area contributed by atoms with Crippen LogP contribution >= 0.6 is 0 Å². The number of carboxylic acids is 1. The van der Waals surface area contributed by atoms with Gasteiger partial charge in [-0.3, -0.25) is 0 Å². The summed E-state index contributed by atoms with van der Waals surface area (Å²) in [6, 6.07) is 15.8. The molecule has 0 unspecified atom stereocenters. The molecule has 0 aliphatic carbocycles. The third-order valence-electron chi connectivity index (χ3n) is 6.77. The Morgan fingerprint density at radius 3 is 2.13 bits per heavy atom. The minimum absolute atomic E-state index is 0. The lowest BCUT2D eigenvalue weighted by Gasteiger charge is -2.42. The quantitative estimate of drug-likeness (QED) is 0.376. The molecule has 246 valence electrons. The third kappa shape index (κ3) is 8.99. The smallest absolute Gasteiger partial charge is 0.416 e. The average molecular weight is 639 g/mol. The van der Waals surface area contributed by atoms with Gasteiger partial charge in [-0.25, -0.2) is 14.2 Å². The maximum atomic E-state index is 14.7. The SMILES string of the molecule is CC.COc1cccc(N2CCN(C3=Nc4c(F)cccc4CN3c3cc(C(F)(F)F)ccc3OC)CC2)c1.O.O=C(O)CO. The van der Waals surface area contributed by atoms with Crippen LogP contribution in [0.5, 0.6) is 11.5 Å². The first kappa shape index (κ1) is 36.6. The van der Waals surface area contributed by atoms with Crippen LogP contribution in [-0.2, 0) is 17.5 Å². The van der Waals surface area contributed by atoms with Gasteiger partial charge < -0.3 is 39.9 Å². The van der Waals surface area contributed by atoms with E-state index in [4.69, 9.17) is 24.5 Å². The zero-order chi connectivity index (χ0) is 32.4. The Labute approximate surface area is 259 Å². The van der Waals surface area contributed by atoms with E-state index in [2.05, 4.69) is 9.89 Å². The van der Waals surface area contributed by atoms with Gasteiger partial charge >= 0.3 is 12.1 Å². The Kier molecular flexibility index (Phi) is 13.4. The highest BCUT2D eigenvalue weighted by molar-refractivity contribution is 6.01. The summed E-state index contributed by atoms with van der Waals surface area (Å²) < 4.78 is 66.3. The minimum Gasteiger partial charge on any atom is -0.497 e. The maximum Gasteiger partial charge on any atom is 0.416 e. The van der Waals surface area contributed by atoms with Crippen LogP contribution < -0.4 is 19.3 Å². The lowest BCUT2D eigenvalue weighted by atomic mass is 10.1. The fourth-order valence-electron chi connectivity index (χ4n) is 4.70. The van der Waals surface area contributed by atoms with Gasteiger partial charge in [0.25, 0.3) is 0 Å². The molecule has 2 heterocycles. The summed E-state index contributed by atoms with van der Waals surface area (Å²) in [5.41, 5.74) is 1.22. The van der Waals surface area contributed by atoms with E-state index in [1.165, 1.54) is 19.2 Å². The summed E-state index contributed by atoms with van der Waals surface area (Å²) in [5, 5.41) is 15.0. The van der Waals surface area contributed by atoms with Crippen LogP contribution in [0.15, 0.2) is 65.7 Å². The monoisotopic (exact) mass is 638 g/mol. The highest BCUT2D eigenvalue weighted by Gasteiger charge is 2.35. The number of benzene rings is 3. The van der Waals surface area contributed by atoms with Gasteiger partial charge in [-0.2, -0.15) is 13.2 Å². The summed E-state index contributed by atoms with van der Waals surface area (Å²) in [5.74, 6) is -0.242. The molecule has 14 heteroatoms. The van der Waals surface area contributed by atoms with Gasteiger partial charge in [-0.15, -0.1) is 0 Å². The number of rotatable bonds is 5. The third-order valence-corrected chi connectivity index (χ3v) is 6.77. The maximum absolute atomic E-state index is 14.7. The molecule has 0 bridgehead atoms. The Balaban J connectivity index is 0.000000805. The van der Waals surface area contributed by atoms with Gasteiger partial charge in [0.2, 0.25) is 5.96 Å². The number of carboxylic acid groups (broad SMARTS) is 1. The van der Waals surface area contributed by atoms with Crippen molar-refractivity contribution in [2.75, 3.05) is 56.8 Å². The molecule has 0 atom stereocenters. The Hall–Kier alpha value is -4.56. The van der Waals surface area contributed by atoms with Crippen LogP contribution in [-0.4, -0.2) is 79.5 Å². The molecule has 3 aromatic rings. The number of aliphatic hydroxyl groups excluding tert-OH is 1. The average Bonchev–Trinajstić information content (AvgIpc) is 3.05. The Morgan fingerprint density at radius 1 is 0.933 bits per heavy atom. The first-order chi connectivity index (χ1) is 21.0. The number of ether oxygens (including phenoxy) is 2. The fourth-order valence-corrected chi connectivity index (χ4v) is 4.70. The second kappa shape index (κ2) is 16.5. The van der Waals surface area contributed by atoms with Crippen molar-refractivity contribution in [1.82, 2.24) is 4.90 Å². The summed E-state index contributed by atoms with van der Waals surface area (Å²) in [6.07, 6.45) is -4.53. The number of aliphatic imine (C=N–C) groups is 1. The van der Waals surface area contributed by atoms with Crippen LogP contribution in [0.25, 0.3) is 0 Å². The normalized spacial score (nSPS) is 14.0. The van der Waals surface area contributed by atoms with Crippen molar-refractivity contribution in [3.63, 3.8) is 0 Å². The Bertz CT molecular complexity index is 1450. The van der Waals surface area contributed by atoms with E-state index in [9.17, 15) is 17.6 Å². The number of methoxy groups -OCH3 is 2. The van der Waals surface area contributed by atoms with Gasteiger partial charge in [0.05, 0.1) is 32.0 Å². The van der Waals surface area contributed by atoms with Crippen molar-refractivity contribution >= 4 is 29.0 Å². The van der Waals surface area contributed by atoms with E-state index in [-0.39, 0.29) is 29.1 Å². The van der Waals surface area contributed by atoms with Gasteiger partial charge in [0.15, 0.2) is 0 Å². The minimum atomic E-state index is -4.53. The molecule has 0 aromatic heterocycles. The number of fused-ring (bicyclic) bond motifs is 1. The highest BCUT2D eigenvalue weighted by atomic mass is 19.4. The largest absolute Gasteiger partial charge is 0.497 e. The molecule has 2 aliphatic heterocycles. The zero-order valence-electron chi connectivity index (χ0n) is 25.4. The van der Waals surface area contributed by atoms with Crippen LogP contribution in [0.1, 0.15) is 25.0 Å². The first-order valence-corrected chi connectivity index (χ1v) is 13.9. The number of nitrogens with zero attached hydrogens (tertiary/aromatic N) is 4. The van der Waals surface area contributed by atoms with Crippen molar-refractivity contribution in [3.05, 3.63) is 77.6 Å². The first-order valence-electron chi connectivity index (χ1n) is 13.9. The van der Waals surface area contributed by atoms with Gasteiger partial charge in [-0.05, 0) is 36.4 Å². The molecule has 0 amide bonds. The molecule has 45 heavy (non-hydrogen) atoms. The molecular weight excluding hydrogens is 600 g/mol. The molecule has 3 aromatic carbocycles. The number of alkyl halides is 3. The molecule has 0 spiro atoms. The van der Waals surface area contributed by atoms with E-state index >= 15 is 0 Å². The number of para-hydroxylation sites is 1. The number of anilines is 2.